The second kappa shape index (κ2) is 4.64. The molecule has 3 heteroatoms. The van der Waals surface area contributed by atoms with Crippen molar-refractivity contribution in [3.63, 3.8) is 0 Å². The maximum absolute atomic E-state index is 9.72. The minimum Gasteiger partial charge on any atom is -0.508 e. The van der Waals surface area contributed by atoms with E-state index >= 15 is 0 Å². The van der Waals surface area contributed by atoms with Crippen LogP contribution in [0.1, 0.15) is 22.7 Å². The largest absolute Gasteiger partial charge is 0.508 e. The lowest BCUT2D eigenvalue weighted by molar-refractivity contribution is 0.293. The topological polar surface area (TPSA) is 39.3 Å². The number of benzene rings is 2. The van der Waals surface area contributed by atoms with Crippen molar-refractivity contribution < 1.29 is 5.11 Å². The quantitative estimate of drug-likeness (QED) is 0.715. The summed E-state index contributed by atoms with van der Waals surface area (Å²) in [5.74, 6) is 0.672. The highest BCUT2D eigenvalue weighted by atomic mass is 16.3. The first-order chi connectivity index (χ1) is 10.2. The van der Waals surface area contributed by atoms with E-state index in [-0.39, 0.29) is 0 Å². The zero-order valence-corrected chi connectivity index (χ0v) is 12.0. The van der Waals surface area contributed by atoms with Crippen LogP contribution in [0.15, 0.2) is 48.5 Å². The number of hydrogen-bond donors (Lipinski definition) is 2. The molecule has 3 aromatic rings. The van der Waals surface area contributed by atoms with Crippen LogP contribution in [0.5, 0.6) is 5.75 Å². The highest BCUT2D eigenvalue weighted by Gasteiger charge is 2.26. The predicted octanol–water partition coefficient (Wildman–Crippen LogP) is 3.45. The van der Waals surface area contributed by atoms with E-state index in [4.69, 9.17) is 0 Å². The van der Waals surface area contributed by atoms with Crippen LogP contribution in [0.2, 0.25) is 0 Å². The molecule has 106 valence electrons. The van der Waals surface area contributed by atoms with Gasteiger partial charge in [-0.25, -0.2) is 0 Å². The molecule has 0 amide bonds. The number of nitrogens with zero attached hydrogens (tertiary/aromatic N) is 1. The Labute approximate surface area is 123 Å². The lowest BCUT2D eigenvalue weighted by atomic mass is 9.87. The predicted molar refractivity (Wildman–Crippen MR) is 84.6 cm³/mol. The van der Waals surface area contributed by atoms with Gasteiger partial charge in [-0.15, -0.1) is 0 Å². The van der Waals surface area contributed by atoms with Gasteiger partial charge < -0.3 is 15.0 Å². The smallest absolute Gasteiger partial charge is 0.115 e. The van der Waals surface area contributed by atoms with Crippen molar-refractivity contribution in [2.24, 2.45) is 0 Å². The number of fused-ring (bicyclic) bond motifs is 2. The molecule has 1 aromatic heterocycles. The molecule has 1 aliphatic rings. The van der Waals surface area contributed by atoms with Gasteiger partial charge in [0.2, 0.25) is 0 Å². The van der Waals surface area contributed by atoms with Crippen molar-refractivity contribution in [2.75, 3.05) is 13.6 Å². The molecule has 0 saturated heterocycles. The summed E-state index contributed by atoms with van der Waals surface area (Å²) in [6, 6.07) is 16.4. The number of hydrogen-bond acceptors (Lipinski definition) is 2. The van der Waals surface area contributed by atoms with E-state index in [0.29, 0.717) is 11.7 Å². The van der Waals surface area contributed by atoms with Gasteiger partial charge in [0.05, 0.1) is 0 Å². The van der Waals surface area contributed by atoms with Gasteiger partial charge in [-0.2, -0.15) is 0 Å². The van der Waals surface area contributed by atoms with E-state index in [1.807, 2.05) is 6.07 Å². The van der Waals surface area contributed by atoms with Crippen molar-refractivity contribution in [1.29, 1.82) is 0 Å². The number of aromatic amines is 1. The number of para-hydroxylation sites is 1. The molecule has 0 spiro atoms. The lowest BCUT2D eigenvalue weighted by Gasteiger charge is -2.32. The monoisotopic (exact) mass is 278 g/mol. The summed E-state index contributed by atoms with van der Waals surface area (Å²) in [5, 5.41) is 11.0. The van der Waals surface area contributed by atoms with Gasteiger partial charge in [-0.05, 0) is 47.8 Å². The third-order valence-electron chi connectivity index (χ3n) is 4.36. The Balaban J connectivity index is 1.84. The molecule has 0 saturated carbocycles. The van der Waals surface area contributed by atoms with Gasteiger partial charge in [0, 0.05) is 30.2 Å². The molecular weight excluding hydrogens is 260 g/mol. The summed E-state index contributed by atoms with van der Waals surface area (Å²) in [7, 11) is 2.13. The van der Waals surface area contributed by atoms with Crippen molar-refractivity contribution in [3.8, 4) is 5.75 Å². The summed E-state index contributed by atoms with van der Waals surface area (Å²) in [5.41, 5.74) is 4.96. The molecule has 2 heterocycles. The minimum atomic E-state index is 0.326. The number of nitrogens with one attached hydrogen (secondary N) is 1. The third-order valence-corrected chi connectivity index (χ3v) is 4.36. The van der Waals surface area contributed by atoms with Crippen LogP contribution in [0.25, 0.3) is 10.9 Å². The van der Waals surface area contributed by atoms with Crippen LogP contribution in [0.3, 0.4) is 0 Å². The summed E-state index contributed by atoms with van der Waals surface area (Å²) in [4.78, 5) is 5.86. The van der Waals surface area contributed by atoms with Gasteiger partial charge in [-0.3, -0.25) is 0 Å². The summed E-state index contributed by atoms with van der Waals surface area (Å²) in [6.45, 7) is 1.88. The normalized spacial score (nSPS) is 18.8. The SMILES string of the molecule is CN1Cc2cc(O)ccc2C(c2cc3ccccc3[nH]2)C1. The first-order valence-electron chi connectivity index (χ1n) is 7.29. The molecule has 4 rings (SSSR count). The second-order valence-electron chi connectivity index (χ2n) is 5.94. The highest BCUT2D eigenvalue weighted by molar-refractivity contribution is 5.80. The van der Waals surface area contributed by atoms with E-state index in [1.165, 1.54) is 27.7 Å². The fraction of sp³-hybridized carbons (Fsp3) is 0.222. The van der Waals surface area contributed by atoms with Gasteiger partial charge in [0.15, 0.2) is 0 Å². The molecule has 1 unspecified atom stereocenters. The maximum atomic E-state index is 9.72. The number of rotatable bonds is 1. The summed E-state index contributed by atoms with van der Waals surface area (Å²) in [6.07, 6.45) is 0. The Morgan fingerprint density at radius 1 is 1.14 bits per heavy atom. The molecule has 0 radical (unpaired) electrons. The van der Waals surface area contributed by atoms with Gasteiger partial charge in [-0.1, -0.05) is 24.3 Å². The average Bonchev–Trinajstić information content (AvgIpc) is 2.89. The van der Waals surface area contributed by atoms with E-state index < -0.39 is 0 Å². The number of aromatic nitrogens is 1. The van der Waals surface area contributed by atoms with Crippen molar-refractivity contribution in [3.05, 3.63) is 65.4 Å². The zero-order chi connectivity index (χ0) is 14.4. The third kappa shape index (κ3) is 2.10. The summed E-state index contributed by atoms with van der Waals surface area (Å²) >= 11 is 0. The van der Waals surface area contributed by atoms with E-state index in [2.05, 4.69) is 53.3 Å². The van der Waals surface area contributed by atoms with Crippen LogP contribution in [-0.2, 0) is 6.54 Å². The Bertz CT molecular complexity index is 773. The lowest BCUT2D eigenvalue weighted by Crippen LogP contribution is -2.31. The second-order valence-corrected chi connectivity index (χ2v) is 5.94. The Morgan fingerprint density at radius 3 is 2.86 bits per heavy atom. The number of phenols is 1. The van der Waals surface area contributed by atoms with Gasteiger partial charge >= 0.3 is 0 Å². The molecule has 3 nitrogen and oxygen atoms in total. The highest BCUT2D eigenvalue weighted by Crippen LogP contribution is 2.35. The van der Waals surface area contributed by atoms with E-state index in [0.717, 1.165) is 13.1 Å². The van der Waals surface area contributed by atoms with Crippen molar-refractivity contribution in [1.82, 2.24) is 9.88 Å². The van der Waals surface area contributed by atoms with Crippen LogP contribution in [0.4, 0.5) is 0 Å². The van der Waals surface area contributed by atoms with Crippen LogP contribution < -0.4 is 0 Å². The van der Waals surface area contributed by atoms with E-state index in [1.54, 1.807) is 6.07 Å². The molecule has 1 aliphatic heterocycles. The maximum Gasteiger partial charge on any atom is 0.115 e. The molecule has 0 fully saturated rings. The van der Waals surface area contributed by atoms with Crippen LogP contribution >= 0.6 is 0 Å². The van der Waals surface area contributed by atoms with Crippen LogP contribution in [-0.4, -0.2) is 28.6 Å². The van der Waals surface area contributed by atoms with Crippen molar-refractivity contribution >= 4 is 10.9 Å². The first kappa shape index (κ1) is 12.5. The van der Waals surface area contributed by atoms with Crippen molar-refractivity contribution in [2.45, 2.75) is 12.5 Å². The fourth-order valence-corrected chi connectivity index (χ4v) is 3.38. The minimum absolute atomic E-state index is 0.326. The fourth-order valence-electron chi connectivity index (χ4n) is 3.38. The molecule has 0 bridgehead atoms. The molecule has 0 aliphatic carbocycles. The average molecular weight is 278 g/mol. The van der Waals surface area contributed by atoms with Crippen LogP contribution in [0, 0.1) is 0 Å². The standard InChI is InChI=1S/C18H18N2O/c1-20-10-13-8-14(21)6-7-15(13)16(11-20)18-9-12-4-2-3-5-17(12)19-18/h2-9,16,19,21H,10-11H2,1H3. The Kier molecular flexibility index (Phi) is 2.76. The molecule has 21 heavy (non-hydrogen) atoms. The van der Waals surface area contributed by atoms with E-state index in [9.17, 15) is 5.11 Å². The Morgan fingerprint density at radius 2 is 2.00 bits per heavy atom. The summed E-state index contributed by atoms with van der Waals surface area (Å²) < 4.78 is 0. The molecule has 1 atom stereocenters. The molecular formula is C18H18N2O. The van der Waals surface area contributed by atoms with Gasteiger partial charge in [0.1, 0.15) is 5.75 Å². The number of aromatic hydroxyl groups is 1. The number of phenolic OH excluding ortho intramolecular Hbond substituents is 1. The first-order valence-corrected chi connectivity index (χ1v) is 7.29. The number of H-pyrrole nitrogens is 1. The zero-order valence-electron chi connectivity index (χ0n) is 12.0. The molecule has 2 aromatic carbocycles. The van der Waals surface area contributed by atoms with Gasteiger partial charge in [0.25, 0.3) is 0 Å². The number of likely N-dealkylation sites (N-methyl/N-ethyl adjacent to an activating group) is 1. The molecule has 2 N–H and O–H groups in total. The Hall–Kier alpha value is -2.26.